The molecule has 0 saturated carbocycles. The van der Waals surface area contributed by atoms with Gasteiger partial charge in [-0.1, -0.05) is 6.07 Å². The van der Waals surface area contributed by atoms with Crippen LogP contribution in [0.3, 0.4) is 0 Å². The molecule has 0 radical (unpaired) electrons. The van der Waals surface area contributed by atoms with E-state index in [0.29, 0.717) is 18.1 Å². The van der Waals surface area contributed by atoms with E-state index in [0.717, 1.165) is 5.56 Å². The molecule has 0 bridgehead atoms. The maximum absolute atomic E-state index is 13.6. The van der Waals surface area contributed by atoms with Crippen LogP contribution in [0.4, 0.5) is 4.39 Å². The summed E-state index contributed by atoms with van der Waals surface area (Å²) in [4.78, 5) is 0. The summed E-state index contributed by atoms with van der Waals surface area (Å²) in [5, 5.41) is 14.1. The van der Waals surface area contributed by atoms with Crippen molar-refractivity contribution in [3.63, 3.8) is 0 Å². The van der Waals surface area contributed by atoms with Gasteiger partial charge in [0.15, 0.2) is 5.82 Å². The molecular weight excluding hydrogens is 209 g/mol. The van der Waals surface area contributed by atoms with E-state index in [1.807, 2.05) is 6.92 Å². The van der Waals surface area contributed by atoms with Crippen molar-refractivity contribution >= 4 is 0 Å². The Labute approximate surface area is 92.3 Å². The van der Waals surface area contributed by atoms with E-state index >= 15 is 0 Å². The highest BCUT2D eigenvalue weighted by Gasteiger charge is 2.11. The molecule has 0 unspecified atom stereocenters. The normalized spacial score (nSPS) is 10.7. The molecule has 1 heterocycles. The van der Waals surface area contributed by atoms with Crippen molar-refractivity contribution in [2.45, 2.75) is 13.5 Å². The Balaban J connectivity index is 2.49. The van der Waals surface area contributed by atoms with Crippen LogP contribution in [-0.2, 0) is 6.54 Å². The lowest BCUT2D eigenvalue weighted by atomic mass is 10.2. The van der Waals surface area contributed by atoms with Crippen molar-refractivity contribution in [2.24, 2.45) is 0 Å². The predicted octanol–water partition coefficient (Wildman–Crippen LogP) is 0.829. The third-order valence-corrected chi connectivity index (χ3v) is 2.20. The highest BCUT2D eigenvalue weighted by molar-refractivity contribution is 5.36. The van der Waals surface area contributed by atoms with Crippen molar-refractivity contribution < 1.29 is 4.39 Å². The van der Waals surface area contributed by atoms with Crippen LogP contribution in [-0.4, -0.2) is 27.3 Å². The molecule has 0 spiro atoms. The number of nitrogens with zero attached hydrogens (tertiary/aromatic N) is 4. The maximum Gasteiger partial charge on any atom is 0.170 e. The van der Waals surface area contributed by atoms with Gasteiger partial charge in [0.1, 0.15) is 11.5 Å². The zero-order chi connectivity index (χ0) is 11.5. The summed E-state index contributed by atoms with van der Waals surface area (Å²) in [6, 6.07) is 4.83. The van der Waals surface area contributed by atoms with Crippen LogP contribution < -0.4 is 5.32 Å². The molecule has 0 aliphatic carbocycles. The summed E-state index contributed by atoms with van der Waals surface area (Å²) in [6.45, 7) is 2.38. The number of nitrogens with one attached hydrogen (secondary N) is 1. The molecule has 6 heteroatoms. The third-order valence-electron chi connectivity index (χ3n) is 2.20. The highest BCUT2D eigenvalue weighted by atomic mass is 19.1. The van der Waals surface area contributed by atoms with Gasteiger partial charge in [0.25, 0.3) is 0 Å². The molecule has 0 saturated heterocycles. The van der Waals surface area contributed by atoms with Crippen molar-refractivity contribution in [1.82, 2.24) is 25.5 Å². The molecule has 0 aliphatic heterocycles. The Morgan fingerprint density at radius 3 is 3.00 bits per heavy atom. The fraction of sp³-hybridized carbons (Fsp3) is 0.300. The summed E-state index contributed by atoms with van der Waals surface area (Å²) >= 11 is 0. The van der Waals surface area contributed by atoms with E-state index in [4.69, 9.17) is 0 Å². The summed E-state index contributed by atoms with van der Waals surface area (Å²) < 4.78 is 15.0. The largest absolute Gasteiger partial charge is 0.313 e. The molecule has 16 heavy (non-hydrogen) atoms. The first-order valence-electron chi connectivity index (χ1n) is 4.90. The molecule has 0 aliphatic rings. The SMILES string of the molecule is CNCc1nnnn1-c1cc(C)ccc1F. The van der Waals surface area contributed by atoms with Crippen LogP contribution in [0.15, 0.2) is 18.2 Å². The molecule has 84 valence electrons. The second-order valence-electron chi connectivity index (χ2n) is 3.49. The standard InChI is InChI=1S/C10H12FN5/c1-7-3-4-8(11)9(5-7)16-10(6-12-2)13-14-15-16/h3-5,12H,6H2,1-2H3. The molecule has 1 aromatic heterocycles. The van der Waals surface area contributed by atoms with Crippen molar-refractivity contribution in [1.29, 1.82) is 0 Å². The van der Waals surface area contributed by atoms with Crippen molar-refractivity contribution in [3.05, 3.63) is 35.4 Å². The van der Waals surface area contributed by atoms with Crippen LogP contribution in [0.5, 0.6) is 0 Å². The molecular formula is C10H12FN5. The van der Waals surface area contributed by atoms with Gasteiger partial charge in [-0.25, -0.2) is 4.39 Å². The topological polar surface area (TPSA) is 55.6 Å². The van der Waals surface area contributed by atoms with E-state index in [9.17, 15) is 4.39 Å². The van der Waals surface area contributed by atoms with Crippen LogP contribution in [0.25, 0.3) is 5.69 Å². The van der Waals surface area contributed by atoms with E-state index < -0.39 is 0 Å². The zero-order valence-corrected chi connectivity index (χ0v) is 9.11. The van der Waals surface area contributed by atoms with Gasteiger partial charge in [-0.15, -0.1) is 5.10 Å². The molecule has 0 fully saturated rings. The summed E-state index contributed by atoms with van der Waals surface area (Å²) in [6.07, 6.45) is 0. The first-order chi connectivity index (χ1) is 7.72. The van der Waals surface area contributed by atoms with Gasteiger partial charge in [0.05, 0.1) is 6.54 Å². The molecule has 2 rings (SSSR count). The van der Waals surface area contributed by atoms with Crippen LogP contribution in [0.1, 0.15) is 11.4 Å². The summed E-state index contributed by atoms with van der Waals surface area (Å²) in [5.41, 5.74) is 1.33. The number of aryl methyl sites for hydroxylation is 1. The Morgan fingerprint density at radius 1 is 1.44 bits per heavy atom. The predicted molar refractivity (Wildman–Crippen MR) is 56.6 cm³/mol. The van der Waals surface area contributed by atoms with Gasteiger partial charge in [-0.3, -0.25) is 0 Å². The van der Waals surface area contributed by atoms with Crippen LogP contribution in [0, 0.1) is 12.7 Å². The molecule has 1 aromatic carbocycles. The van der Waals surface area contributed by atoms with E-state index in [1.165, 1.54) is 10.7 Å². The Bertz CT molecular complexity index is 494. The molecule has 0 amide bonds. The smallest absolute Gasteiger partial charge is 0.170 e. The summed E-state index contributed by atoms with van der Waals surface area (Å²) in [5.74, 6) is 0.238. The third kappa shape index (κ3) is 1.92. The minimum atomic E-state index is -0.338. The number of hydrogen-bond acceptors (Lipinski definition) is 4. The second kappa shape index (κ2) is 4.36. The van der Waals surface area contributed by atoms with Gasteiger partial charge in [-0.2, -0.15) is 4.68 Å². The fourth-order valence-corrected chi connectivity index (χ4v) is 1.45. The number of hydrogen-bond donors (Lipinski definition) is 1. The zero-order valence-electron chi connectivity index (χ0n) is 9.11. The fourth-order valence-electron chi connectivity index (χ4n) is 1.45. The number of rotatable bonds is 3. The monoisotopic (exact) mass is 221 g/mol. The van der Waals surface area contributed by atoms with Gasteiger partial charge < -0.3 is 5.32 Å². The quantitative estimate of drug-likeness (QED) is 0.834. The number of aromatic nitrogens is 4. The van der Waals surface area contributed by atoms with Crippen LogP contribution >= 0.6 is 0 Å². The molecule has 0 atom stereocenters. The maximum atomic E-state index is 13.6. The minimum absolute atomic E-state index is 0.338. The average molecular weight is 221 g/mol. The van der Waals surface area contributed by atoms with Crippen LogP contribution in [0.2, 0.25) is 0 Å². The van der Waals surface area contributed by atoms with Crippen molar-refractivity contribution in [3.8, 4) is 5.69 Å². The lowest BCUT2D eigenvalue weighted by molar-refractivity contribution is 0.598. The van der Waals surface area contributed by atoms with Gasteiger partial charge >= 0.3 is 0 Å². The van der Waals surface area contributed by atoms with Gasteiger partial charge in [0.2, 0.25) is 0 Å². The lowest BCUT2D eigenvalue weighted by Crippen LogP contribution is -2.13. The van der Waals surface area contributed by atoms with Crippen molar-refractivity contribution in [2.75, 3.05) is 7.05 Å². The number of halogens is 1. The summed E-state index contributed by atoms with van der Waals surface area (Å²) in [7, 11) is 1.78. The van der Waals surface area contributed by atoms with E-state index in [-0.39, 0.29) is 5.82 Å². The molecule has 2 aromatic rings. The lowest BCUT2D eigenvalue weighted by Gasteiger charge is -2.06. The second-order valence-corrected chi connectivity index (χ2v) is 3.49. The highest BCUT2D eigenvalue weighted by Crippen LogP contribution is 2.14. The van der Waals surface area contributed by atoms with E-state index in [2.05, 4.69) is 20.8 Å². The average Bonchev–Trinajstić information content (AvgIpc) is 2.70. The molecule has 1 N–H and O–H groups in total. The van der Waals surface area contributed by atoms with Gasteiger partial charge in [-0.05, 0) is 42.1 Å². The minimum Gasteiger partial charge on any atom is -0.313 e. The number of benzene rings is 1. The van der Waals surface area contributed by atoms with Gasteiger partial charge in [0, 0.05) is 0 Å². The Hall–Kier alpha value is -1.82. The molecule has 5 nitrogen and oxygen atoms in total. The van der Waals surface area contributed by atoms with E-state index in [1.54, 1.807) is 19.2 Å². The number of tetrazole rings is 1. The Morgan fingerprint density at radius 2 is 2.25 bits per heavy atom. The first-order valence-corrected chi connectivity index (χ1v) is 4.90. The first kappa shape index (κ1) is 10.7. The Kier molecular flexibility index (Phi) is 2.91.